The van der Waals surface area contributed by atoms with Crippen molar-refractivity contribution in [3.63, 3.8) is 0 Å². The summed E-state index contributed by atoms with van der Waals surface area (Å²) >= 11 is 5.84. The number of hydrogen-bond acceptors (Lipinski definition) is 3. The lowest BCUT2D eigenvalue weighted by molar-refractivity contribution is 0.373. The van der Waals surface area contributed by atoms with Crippen LogP contribution in [0, 0.1) is 5.92 Å². The van der Waals surface area contributed by atoms with Gasteiger partial charge in [-0.25, -0.2) is 8.42 Å². The Labute approximate surface area is 126 Å². The first-order valence-corrected chi connectivity index (χ1v) is 8.71. The van der Waals surface area contributed by atoms with Gasteiger partial charge in [0.15, 0.2) is 0 Å². The summed E-state index contributed by atoms with van der Waals surface area (Å²) in [5.74, 6) is 0.467. The van der Waals surface area contributed by atoms with E-state index in [4.69, 9.17) is 17.3 Å². The second-order valence-electron chi connectivity index (χ2n) is 5.71. The lowest BCUT2D eigenvalue weighted by Gasteiger charge is -2.23. The number of benzene rings is 1. The average Bonchev–Trinajstić information content (AvgIpc) is 3.12. The van der Waals surface area contributed by atoms with E-state index < -0.39 is 10.0 Å². The number of sulfonamides is 1. The first-order chi connectivity index (χ1) is 9.32. The summed E-state index contributed by atoms with van der Waals surface area (Å²) in [5, 5.41) is 0.446. The van der Waals surface area contributed by atoms with E-state index in [0.29, 0.717) is 17.5 Å². The Bertz CT molecular complexity index is 583. The van der Waals surface area contributed by atoms with Gasteiger partial charge in [-0.15, -0.1) is 0 Å². The molecule has 20 heavy (non-hydrogen) atoms. The molecule has 1 fully saturated rings. The minimum atomic E-state index is -3.53. The van der Waals surface area contributed by atoms with E-state index in [9.17, 15) is 8.42 Å². The van der Waals surface area contributed by atoms with Gasteiger partial charge in [-0.05, 0) is 43.4 Å². The number of nitrogen functional groups attached to an aromatic ring is 1. The summed E-state index contributed by atoms with van der Waals surface area (Å²) in [6.45, 7) is 4.73. The van der Waals surface area contributed by atoms with Crippen molar-refractivity contribution in [1.29, 1.82) is 0 Å². The minimum absolute atomic E-state index is 0.133. The third-order valence-electron chi connectivity index (χ3n) is 3.44. The third-order valence-corrected chi connectivity index (χ3v) is 5.70. The summed E-state index contributed by atoms with van der Waals surface area (Å²) in [4.78, 5) is 0.164. The van der Waals surface area contributed by atoms with Gasteiger partial charge in [-0.3, -0.25) is 0 Å². The molecule has 0 aromatic heterocycles. The number of hydrogen-bond donors (Lipinski definition) is 1. The summed E-state index contributed by atoms with van der Waals surface area (Å²) in [6, 6.07) is 4.69. The van der Waals surface area contributed by atoms with Gasteiger partial charge < -0.3 is 5.73 Å². The zero-order chi connectivity index (χ0) is 14.9. The van der Waals surface area contributed by atoms with Crippen molar-refractivity contribution in [3.05, 3.63) is 23.2 Å². The molecule has 2 rings (SSSR count). The zero-order valence-corrected chi connectivity index (χ0v) is 13.4. The number of nitrogens with zero attached hydrogens (tertiary/aromatic N) is 1. The molecule has 2 N–H and O–H groups in total. The Morgan fingerprint density at radius 3 is 2.55 bits per heavy atom. The normalized spacial score (nSPS) is 16.1. The fraction of sp³-hybridized carbons (Fsp3) is 0.571. The largest absolute Gasteiger partial charge is 0.398 e. The molecule has 0 aliphatic heterocycles. The molecule has 4 nitrogen and oxygen atoms in total. The van der Waals surface area contributed by atoms with E-state index in [0.717, 1.165) is 19.3 Å². The van der Waals surface area contributed by atoms with Gasteiger partial charge in [0.05, 0.1) is 5.69 Å². The van der Waals surface area contributed by atoms with Crippen LogP contribution in [0.25, 0.3) is 0 Å². The predicted molar refractivity (Wildman–Crippen MR) is 82.2 cm³/mol. The molecule has 0 atom stereocenters. The predicted octanol–water partition coefficient (Wildman–Crippen LogP) is 3.12. The molecule has 1 aliphatic carbocycles. The van der Waals surface area contributed by atoms with Gasteiger partial charge in [0.1, 0.15) is 4.90 Å². The van der Waals surface area contributed by atoms with E-state index in [1.165, 1.54) is 12.1 Å². The number of rotatable bonds is 6. The van der Waals surface area contributed by atoms with Crippen LogP contribution in [-0.2, 0) is 10.0 Å². The molecule has 0 heterocycles. The fourth-order valence-electron chi connectivity index (χ4n) is 2.13. The highest BCUT2D eigenvalue weighted by Crippen LogP contribution is 2.34. The summed E-state index contributed by atoms with van der Waals surface area (Å²) in [5.41, 5.74) is 6.05. The van der Waals surface area contributed by atoms with Crippen LogP contribution >= 0.6 is 11.6 Å². The maximum atomic E-state index is 12.8. The van der Waals surface area contributed by atoms with Crippen LogP contribution in [0.1, 0.15) is 33.1 Å². The molecule has 0 saturated heterocycles. The van der Waals surface area contributed by atoms with Crippen LogP contribution in [0.4, 0.5) is 5.69 Å². The van der Waals surface area contributed by atoms with Gasteiger partial charge in [0.2, 0.25) is 10.0 Å². The zero-order valence-electron chi connectivity index (χ0n) is 11.8. The van der Waals surface area contributed by atoms with Crippen LogP contribution in [-0.4, -0.2) is 25.3 Å². The molecule has 1 aromatic carbocycles. The van der Waals surface area contributed by atoms with Crippen LogP contribution in [0.2, 0.25) is 5.02 Å². The number of anilines is 1. The van der Waals surface area contributed by atoms with Gasteiger partial charge in [-0.1, -0.05) is 25.4 Å². The Hall–Kier alpha value is -0.780. The van der Waals surface area contributed by atoms with Gasteiger partial charge in [0, 0.05) is 17.6 Å². The van der Waals surface area contributed by atoms with Crippen molar-refractivity contribution < 1.29 is 8.42 Å². The monoisotopic (exact) mass is 316 g/mol. The molecule has 112 valence electrons. The molecule has 6 heteroatoms. The van der Waals surface area contributed by atoms with Crippen LogP contribution < -0.4 is 5.73 Å². The Balaban J connectivity index is 2.30. The van der Waals surface area contributed by atoms with Crippen molar-refractivity contribution >= 4 is 27.3 Å². The molecule has 0 spiro atoms. The molecule has 0 bridgehead atoms. The number of halogens is 1. The van der Waals surface area contributed by atoms with E-state index in [1.54, 1.807) is 10.4 Å². The Kier molecular flexibility index (Phi) is 4.62. The highest BCUT2D eigenvalue weighted by molar-refractivity contribution is 7.89. The molecule has 0 unspecified atom stereocenters. The first kappa shape index (κ1) is 15.6. The SMILES string of the molecule is CC(C)CCN(C1CC1)S(=O)(=O)c1ccc(Cl)cc1N. The fourth-order valence-corrected chi connectivity index (χ4v) is 4.11. The topological polar surface area (TPSA) is 63.4 Å². The van der Waals surface area contributed by atoms with E-state index in [-0.39, 0.29) is 16.6 Å². The van der Waals surface area contributed by atoms with Crippen molar-refractivity contribution in [2.24, 2.45) is 5.92 Å². The Morgan fingerprint density at radius 1 is 1.40 bits per heavy atom. The van der Waals surface area contributed by atoms with Gasteiger partial charge in [-0.2, -0.15) is 4.31 Å². The molecule has 0 amide bonds. The van der Waals surface area contributed by atoms with Gasteiger partial charge >= 0.3 is 0 Å². The highest BCUT2D eigenvalue weighted by atomic mass is 35.5. The van der Waals surface area contributed by atoms with Crippen molar-refractivity contribution in [1.82, 2.24) is 4.31 Å². The summed E-state index contributed by atoms with van der Waals surface area (Å²) in [6.07, 6.45) is 2.72. The smallest absolute Gasteiger partial charge is 0.245 e. The Morgan fingerprint density at radius 2 is 2.05 bits per heavy atom. The standard InChI is InChI=1S/C14H21ClN2O2S/c1-10(2)7-8-17(12-4-5-12)20(18,19)14-6-3-11(15)9-13(14)16/h3,6,9-10,12H,4-5,7-8,16H2,1-2H3. The average molecular weight is 317 g/mol. The van der Waals surface area contributed by atoms with Crippen LogP contribution in [0.15, 0.2) is 23.1 Å². The quantitative estimate of drug-likeness (QED) is 0.820. The van der Waals surface area contributed by atoms with E-state index >= 15 is 0 Å². The summed E-state index contributed by atoms with van der Waals surface area (Å²) in [7, 11) is -3.53. The van der Waals surface area contributed by atoms with Gasteiger partial charge in [0.25, 0.3) is 0 Å². The number of nitrogens with two attached hydrogens (primary N) is 1. The molecule has 0 radical (unpaired) electrons. The van der Waals surface area contributed by atoms with Crippen LogP contribution in [0.3, 0.4) is 0 Å². The third kappa shape index (κ3) is 3.45. The molecular formula is C14H21ClN2O2S. The van der Waals surface area contributed by atoms with Crippen LogP contribution in [0.5, 0.6) is 0 Å². The lowest BCUT2D eigenvalue weighted by Crippen LogP contribution is -2.35. The lowest BCUT2D eigenvalue weighted by atomic mass is 10.1. The molecule has 1 saturated carbocycles. The first-order valence-electron chi connectivity index (χ1n) is 6.89. The second kappa shape index (κ2) is 5.92. The molecule has 1 aliphatic rings. The van der Waals surface area contributed by atoms with E-state index in [2.05, 4.69) is 13.8 Å². The highest BCUT2D eigenvalue weighted by Gasteiger charge is 2.38. The molecular weight excluding hydrogens is 296 g/mol. The molecule has 1 aromatic rings. The second-order valence-corrected chi connectivity index (χ2v) is 8.01. The maximum Gasteiger partial charge on any atom is 0.245 e. The minimum Gasteiger partial charge on any atom is -0.398 e. The van der Waals surface area contributed by atoms with Crippen molar-refractivity contribution in [2.75, 3.05) is 12.3 Å². The summed E-state index contributed by atoms with van der Waals surface area (Å²) < 4.78 is 27.1. The van der Waals surface area contributed by atoms with Crippen molar-refractivity contribution in [3.8, 4) is 0 Å². The van der Waals surface area contributed by atoms with Crippen molar-refractivity contribution in [2.45, 2.75) is 44.0 Å². The van der Waals surface area contributed by atoms with E-state index in [1.807, 2.05) is 0 Å². The maximum absolute atomic E-state index is 12.8.